The molecule has 168 valence electrons. The maximum absolute atomic E-state index is 13.0. The fourth-order valence-electron chi connectivity index (χ4n) is 3.64. The number of nitrogens with zero attached hydrogens (tertiary/aromatic N) is 4. The highest BCUT2D eigenvalue weighted by Gasteiger charge is 2.32. The Morgan fingerprint density at radius 1 is 1.06 bits per heavy atom. The third-order valence-electron chi connectivity index (χ3n) is 5.37. The van der Waals surface area contributed by atoms with Crippen molar-refractivity contribution in [2.75, 3.05) is 33.3 Å². The average Bonchev–Trinajstić information content (AvgIpc) is 3.29. The molecule has 1 fully saturated rings. The first-order chi connectivity index (χ1) is 15.3. The van der Waals surface area contributed by atoms with Crippen LogP contribution in [0.2, 0.25) is 5.02 Å². The number of carbonyl (C=O) groups is 1. The molecule has 1 amide bonds. The number of benzene rings is 2. The van der Waals surface area contributed by atoms with E-state index in [1.54, 1.807) is 47.2 Å². The fraction of sp³-hybridized carbons (Fsp3) is 0.273. The van der Waals surface area contributed by atoms with Crippen molar-refractivity contribution < 1.29 is 17.9 Å². The molecule has 0 unspecified atom stereocenters. The Morgan fingerprint density at radius 3 is 2.47 bits per heavy atom. The van der Waals surface area contributed by atoms with Crippen molar-refractivity contribution in [1.82, 2.24) is 19.0 Å². The Balaban J connectivity index is 1.47. The number of methoxy groups -OCH3 is 1. The summed E-state index contributed by atoms with van der Waals surface area (Å²) >= 11 is 6.08. The first kappa shape index (κ1) is 22.3. The average molecular weight is 475 g/mol. The summed E-state index contributed by atoms with van der Waals surface area (Å²) in [5.74, 6) is 0.404. The number of sulfonamides is 1. The van der Waals surface area contributed by atoms with Crippen LogP contribution in [0.15, 0.2) is 59.6 Å². The number of hydrogen-bond acceptors (Lipinski definition) is 5. The minimum absolute atomic E-state index is 0.0762. The molecule has 0 radical (unpaired) electrons. The summed E-state index contributed by atoms with van der Waals surface area (Å²) in [6.07, 6.45) is 1.71. The van der Waals surface area contributed by atoms with Crippen molar-refractivity contribution in [3.8, 4) is 11.4 Å². The second-order valence-corrected chi connectivity index (χ2v) is 9.76. The first-order valence-corrected chi connectivity index (χ1v) is 11.9. The number of aromatic nitrogens is 2. The van der Waals surface area contributed by atoms with E-state index in [1.807, 2.05) is 25.1 Å². The number of aryl methyl sites for hydroxylation is 1. The molecule has 3 aromatic rings. The molecule has 0 bridgehead atoms. The van der Waals surface area contributed by atoms with Gasteiger partial charge >= 0.3 is 0 Å². The Morgan fingerprint density at radius 2 is 1.78 bits per heavy atom. The van der Waals surface area contributed by atoms with E-state index in [0.717, 1.165) is 11.3 Å². The van der Waals surface area contributed by atoms with Gasteiger partial charge in [-0.2, -0.15) is 9.40 Å². The van der Waals surface area contributed by atoms with E-state index in [9.17, 15) is 13.2 Å². The lowest BCUT2D eigenvalue weighted by atomic mass is 10.2. The van der Waals surface area contributed by atoms with E-state index in [1.165, 1.54) is 10.4 Å². The van der Waals surface area contributed by atoms with Crippen molar-refractivity contribution in [2.45, 2.75) is 11.8 Å². The van der Waals surface area contributed by atoms with E-state index >= 15 is 0 Å². The maximum Gasteiger partial charge on any atom is 0.274 e. The highest BCUT2D eigenvalue weighted by molar-refractivity contribution is 7.89. The summed E-state index contributed by atoms with van der Waals surface area (Å²) in [4.78, 5) is 14.7. The normalized spacial score (nSPS) is 15.0. The predicted molar refractivity (Wildman–Crippen MR) is 121 cm³/mol. The number of piperazine rings is 1. The van der Waals surface area contributed by atoms with Crippen LogP contribution in [0.25, 0.3) is 5.69 Å². The molecule has 1 aromatic heterocycles. The van der Waals surface area contributed by atoms with Gasteiger partial charge in [-0.25, -0.2) is 13.1 Å². The summed E-state index contributed by atoms with van der Waals surface area (Å²) in [7, 11) is -2.14. The minimum atomic E-state index is -3.72. The second kappa shape index (κ2) is 8.93. The van der Waals surface area contributed by atoms with Gasteiger partial charge in [0, 0.05) is 32.4 Å². The Labute approximate surface area is 192 Å². The fourth-order valence-corrected chi connectivity index (χ4v) is 5.55. The van der Waals surface area contributed by atoms with Crippen molar-refractivity contribution >= 4 is 27.5 Å². The summed E-state index contributed by atoms with van der Waals surface area (Å²) in [6, 6.07) is 13.7. The van der Waals surface area contributed by atoms with E-state index in [0.29, 0.717) is 5.75 Å². The van der Waals surface area contributed by atoms with E-state index in [4.69, 9.17) is 16.3 Å². The number of amides is 1. The van der Waals surface area contributed by atoms with Gasteiger partial charge in [0.2, 0.25) is 10.0 Å². The highest BCUT2D eigenvalue weighted by atomic mass is 35.5. The molecule has 10 heteroatoms. The number of ether oxygens (including phenoxy) is 1. The van der Waals surface area contributed by atoms with Crippen LogP contribution >= 0.6 is 11.6 Å². The maximum atomic E-state index is 13.0. The van der Waals surface area contributed by atoms with Crippen LogP contribution in [0.4, 0.5) is 0 Å². The van der Waals surface area contributed by atoms with Gasteiger partial charge < -0.3 is 9.64 Å². The van der Waals surface area contributed by atoms with Crippen LogP contribution < -0.4 is 4.74 Å². The van der Waals surface area contributed by atoms with Gasteiger partial charge in [0.25, 0.3) is 5.91 Å². The smallest absolute Gasteiger partial charge is 0.274 e. The quantitative estimate of drug-likeness (QED) is 0.567. The van der Waals surface area contributed by atoms with Gasteiger partial charge in [-0.05, 0) is 42.8 Å². The van der Waals surface area contributed by atoms with Crippen LogP contribution in [0.3, 0.4) is 0 Å². The molecule has 8 nitrogen and oxygen atoms in total. The van der Waals surface area contributed by atoms with Crippen molar-refractivity contribution in [3.05, 3.63) is 71.0 Å². The zero-order valence-electron chi connectivity index (χ0n) is 17.7. The molecule has 0 N–H and O–H groups in total. The first-order valence-electron chi connectivity index (χ1n) is 10.1. The van der Waals surface area contributed by atoms with Crippen LogP contribution in [0, 0.1) is 6.92 Å². The highest BCUT2D eigenvalue weighted by Crippen LogP contribution is 2.26. The number of halogens is 1. The third kappa shape index (κ3) is 4.23. The summed E-state index contributed by atoms with van der Waals surface area (Å²) in [6.45, 7) is 2.87. The molecular weight excluding hydrogens is 452 g/mol. The topological polar surface area (TPSA) is 84.7 Å². The van der Waals surface area contributed by atoms with Gasteiger partial charge in [0.05, 0.1) is 12.1 Å². The zero-order valence-corrected chi connectivity index (χ0v) is 19.3. The standard InChI is InChI=1S/C22H23ClN4O4S/c1-16-7-8-20(31-2)19(15-16)27-10-9-18(24-27)22(28)25-11-13-26(14-12-25)32(29,30)21-6-4-3-5-17(21)23/h3-10,15H,11-14H2,1-2H3. The van der Waals surface area contributed by atoms with Crippen LogP contribution in [-0.4, -0.2) is 66.6 Å². The summed E-state index contributed by atoms with van der Waals surface area (Å²) < 4.78 is 34.2. The zero-order chi connectivity index (χ0) is 22.9. The summed E-state index contributed by atoms with van der Waals surface area (Å²) in [5.41, 5.74) is 2.07. The second-order valence-electron chi connectivity index (χ2n) is 7.45. The van der Waals surface area contributed by atoms with Gasteiger partial charge in [-0.1, -0.05) is 29.8 Å². The van der Waals surface area contributed by atoms with Gasteiger partial charge in [-0.15, -0.1) is 0 Å². The molecule has 0 atom stereocenters. The molecule has 0 aliphatic carbocycles. The minimum Gasteiger partial charge on any atom is -0.494 e. The lowest BCUT2D eigenvalue weighted by molar-refractivity contribution is 0.0691. The van der Waals surface area contributed by atoms with Gasteiger partial charge in [0.15, 0.2) is 5.69 Å². The monoisotopic (exact) mass is 474 g/mol. The van der Waals surface area contributed by atoms with Crippen molar-refractivity contribution in [3.63, 3.8) is 0 Å². The Hall–Kier alpha value is -2.88. The largest absolute Gasteiger partial charge is 0.494 e. The molecule has 1 aliphatic rings. The molecule has 0 spiro atoms. The third-order valence-corrected chi connectivity index (χ3v) is 7.77. The summed E-state index contributed by atoms with van der Waals surface area (Å²) in [5, 5.41) is 4.61. The molecule has 1 aliphatic heterocycles. The van der Waals surface area contributed by atoms with Crippen molar-refractivity contribution in [1.29, 1.82) is 0 Å². The van der Waals surface area contributed by atoms with E-state index in [-0.39, 0.29) is 47.7 Å². The number of hydrogen-bond donors (Lipinski definition) is 0. The van der Waals surface area contributed by atoms with Crippen molar-refractivity contribution in [2.24, 2.45) is 0 Å². The Bertz CT molecular complexity index is 1250. The SMILES string of the molecule is COc1ccc(C)cc1-n1ccc(C(=O)N2CCN(S(=O)(=O)c3ccccc3Cl)CC2)n1. The molecule has 4 rings (SSSR count). The van der Waals surface area contributed by atoms with Crippen LogP contribution in [-0.2, 0) is 10.0 Å². The Kier molecular flexibility index (Phi) is 6.23. The molecule has 1 saturated heterocycles. The molecule has 0 saturated carbocycles. The van der Waals surface area contributed by atoms with E-state index < -0.39 is 10.0 Å². The number of carbonyl (C=O) groups excluding carboxylic acids is 1. The lowest BCUT2D eigenvalue weighted by Crippen LogP contribution is -2.50. The van der Waals surface area contributed by atoms with Gasteiger partial charge in [0.1, 0.15) is 16.3 Å². The van der Waals surface area contributed by atoms with Gasteiger partial charge in [-0.3, -0.25) is 4.79 Å². The number of rotatable bonds is 5. The van der Waals surface area contributed by atoms with Crippen LogP contribution in [0.5, 0.6) is 5.75 Å². The predicted octanol–water partition coefficient (Wildman–Crippen LogP) is 2.99. The van der Waals surface area contributed by atoms with Crippen LogP contribution in [0.1, 0.15) is 16.1 Å². The van der Waals surface area contributed by atoms with E-state index in [2.05, 4.69) is 5.10 Å². The molecule has 32 heavy (non-hydrogen) atoms. The molecular formula is C22H23ClN4O4S. The molecule has 2 heterocycles. The lowest BCUT2D eigenvalue weighted by Gasteiger charge is -2.33. The molecule has 2 aromatic carbocycles.